The maximum Gasteiger partial charge on any atom is 0.172 e. The first kappa shape index (κ1) is 38.3. The van der Waals surface area contributed by atoms with E-state index >= 15 is 9.13 Å². The minimum Gasteiger partial charge on any atom is -0.309 e. The molecule has 0 N–H and O–H groups in total. The summed E-state index contributed by atoms with van der Waals surface area (Å²) >= 11 is 0. The topological polar surface area (TPSA) is 34.1 Å². The Bertz CT molecular complexity index is 3090. The van der Waals surface area contributed by atoms with E-state index in [1.807, 2.05) is 72.8 Å². The summed E-state index contributed by atoms with van der Waals surface area (Å²) in [6.07, 6.45) is 0. The molecule has 0 radical (unpaired) electrons. The average molecular weight is 855 g/mol. The number of rotatable bonds is 7. The van der Waals surface area contributed by atoms with E-state index < -0.39 is 14.3 Å². The van der Waals surface area contributed by atoms with Crippen LogP contribution in [-0.2, 0) is 9.13 Å². The van der Waals surface area contributed by atoms with Gasteiger partial charge in [-0.15, -0.1) is 0 Å². The van der Waals surface area contributed by atoms with Crippen molar-refractivity contribution >= 4 is 46.1 Å². The lowest BCUT2D eigenvalue weighted by atomic mass is 9.81. The zero-order valence-electron chi connectivity index (χ0n) is 34.8. The van der Waals surface area contributed by atoms with E-state index in [2.05, 4.69) is 170 Å². The SMILES string of the molecule is O=P1(c2cc(-c3ccccc3)c(-c3c(-c4ccccc4)cc(P4(=O)c5ccccc5-c5ccccc54)cc3-c3ccccc3)c(-c3ccccc3)c2)c2ccccc2-c2ccccc21. The molecule has 10 aromatic rings. The lowest BCUT2D eigenvalue weighted by Gasteiger charge is -2.27. The summed E-state index contributed by atoms with van der Waals surface area (Å²) in [5.74, 6) is 0. The van der Waals surface area contributed by atoms with Crippen LogP contribution in [0.5, 0.6) is 0 Å². The molecule has 0 spiro atoms. The summed E-state index contributed by atoms with van der Waals surface area (Å²) < 4.78 is 32.9. The Kier molecular flexibility index (Phi) is 9.10. The van der Waals surface area contributed by atoms with Crippen molar-refractivity contribution in [1.82, 2.24) is 0 Å². The highest BCUT2D eigenvalue weighted by Gasteiger charge is 2.43. The Balaban J connectivity index is 1.25. The Labute approximate surface area is 374 Å². The van der Waals surface area contributed by atoms with Gasteiger partial charge in [0.25, 0.3) is 0 Å². The smallest absolute Gasteiger partial charge is 0.172 e. The standard InChI is InChI=1S/C60H40O2P2/c61-63(55-33-17-13-29-47(55)48-30-14-18-34-56(48)63)45-37-51(41-21-5-1-6-22-41)59(52(38-45)42-23-7-2-8-24-42)60-53(43-25-9-3-10-26-43)39-46(40-54(60)44-27-11-4-12-28-44)64(62)57-35-19-15-31-49(57)50-32-16-20-36-58(50)64/h1-40H. The van der Waals surface area contributed by atoms with Gasteiger partial charge >= 0.3 is 0 Å². The van der Waals surface area contributed by atoms with Gasteiger partial charge in [0.1, 0.15) is 0 Å². The molecule has 4 heteroatoms. The highest BCUT2D eigenvalue weighted by atomic mass is 31.2. The monoisotopic (exact) mass is 854 g/mol. The molecule has 2 aliphatic rings. The summed E-state index contributed by atoms with van der Waals surface area (Å²) in [6, 6.07) is 83.7. The van der Waals surface area contributed by atoms with Gasteiger partial charge in [0.15, 0.2) is 14.3 Å². The number of fused-ring (bicyclic) bond motifs is 6. The van der Waals surface area contributed by atoms with Crippen LogP contribution in [0.4, 0.5) is 0 Å². The molecule has 2 heterocycles. The molecule has 0 saturated heterocycles. The van der Waals surface area contributed by atoms with Crippen molar-refractivity contribution in [3.63, 3.8) is 0 Å². The second kappa shape index (κ2) is 15.2. The third-order valence-corrected chi connectivity index (χ3v) is 19.4. The molecule has 0 unspecified atom stereocenters. The fourth-order valence-electron chi connectivity index (χ4n) is 10.3. The molecule has 0 atom stereocenters. The van der Waals surface area contributed by atoms with Crippen molar-refractivity contribution in [2.45, 2.75) is 0 Å². The van der Waals surface area contributed by atoms with Gasteiger partial charge in [-0.2, -0.15) is 0 Å². The van der Waals surface area contributed by atoms with Crippen LogP contribution < -0.4 is 31.8 Å². The molecule has 2 nitrogen and oxygen atoms in total. The van der Waals surface area contributed by atoms with Crippen molar-refractivity contribution < 1.29 is 9.13 Å². The third-order valence-electron chi connectivity index (χ3n) is 13.1. The first-order valence-corrected chi connectivity index (χ1v) is 25.1. The maximum atomic E-state index is 16.4. The first-order valence-electron chi connectivity index (χ1n) is 21.7. The van der Waals surface area contributed by atoms with Gasteiger partial charge in [-0.25, -0.2) is 0 Å². The van der Waals surface area contributed by atoms with Crippen LogP contribution in [0.3, 0.4) is 0 Å². The molecule has 0 aliphatic carbocycles. The van der Waals surface area contributed by atoms with Gasteiger partial charge in [0, 0.05) is 31.8 Å². The van der Waals surface area contributed by atoms with Crippen LogP contribution in [0.15, 0.2) is 243 Å². The molecule has 2 aliphatic heterocycles. The average Bonchev–Trinajstić information content (AvgIpc) is 3.80. The van der Waals surface area contributed by atoms with Crippen molar-refractivity contribution in [3.8, 4) is 77.9 Å². The van der Waals surface area contributed by atoms with Crippen LogP contribution in [-0.4, -0.2) is 0 Å². The lowest BCUT2D eigenvalue weighted by molar-refractivity contribution is 0.592. The molecular weight excluding hydrogens is 815 g/mol. The highest BCUT2D eigenvalue weighted by Crippen LogP contribution is 2.57. The van der Waals surface area contributed by atoms with E-state index in [0.717, 1.165) is 110 Å². The maximum absolute atomic E-state index is 16.4. The van der Waals surface area contributed by atoms with Gasteiger partial charge < -0.3 is 9.13 Å². The molecule has 0 aromatic heterocycles. The van der Waals surface area contributed by atoms with Crippen LogP contribution >= 0.6 is 14.3 Å². The van der Waals surface area contributed by atoms with Crippen molar-refractivity contribution in [2.24, 2.45) is 0 Å². The fourth-order valence-corrected chi connectivity index (χ4v) is 16.5. The van der Waals surface area contributed by atoms with E-state index in [1.165, 1.54) is 0 Å². The van der Waals surface area contributed by atoms with E-state index in [-0.39, 0.29) is 0 Å². The first-order chi connectivity index (χ1) is 31.5. The number of hydrogen-bond acceptors (Lipinski definition) is 2. The highest BCUT2D eigenvalue weighted by molar-refractivity contribution is 7.87. The summed E-state index contributed by atoms with van der Waals surface area (Å²) in [5, 5.41) is 5.03. The van der Waals surface area contributed by atoms with Gasteiger partial charge in [0.05, 0.1) is 0 Å². The summed E-state index contributed by atoms with van der Waals surface area (Å²) in [4.78, 5) is 0. The summed E-state index contributed by atoms with van der Waals surface area (Å²) in [5.41, 5.74) is 14.0. The van der Waals surface area contributed by atoms with Crippen LogP contribution in [0.25, 0.3) is 77.9 Å². The van der Waals surface area contributed by atoms with Gasteiger partial charge in [-0.05, 0) is 102 Å². The van der Waals surface area contributed by atoms with Gasteiger partial charge in [-0.1, -0.05) is 218 Å². The number of benzene rings is 10. The van der Waals surface area contributed by atoms with E-state index in [0.29, 0.717) is 0 Å². The second-order valence-corrected chi connectivity index (χ2v) is 22.0. The molecular formula is C60H40O2P2. The zero-order chi connectivity index (χ0) is 42.8. The molecule has 0 saturated carbocycles. The molecule has 0 fully saturated rings. The Morgan fingerprint density at radius 2 is 0.422 bits per heavy atom. The van der Waals surface area contributed by atoms with Gasteiger partial charge in [0.2, 0.25) is 0 Å². The summed E-state index contributed by atoms with van der Waals surface area (Å²) in [7, 11) is -6.76. The van der Waals surface area contributed by atoms with Crippen LogP contribution in [0.2, 0.25) is 0 Å². The second-order valence-electron chi connectivity index (χ2n) is 16.6. The zero-order valence-corrected chi connectivity index (χ0v) is 36.6. The van der Waals surface area contributed by atoms with E-state index in [4.69, 9.17) is 0 Å². The lowest BCUT2D eigenvalue weighted by Crippen LogP contribution is -2.22. The minimum atomic E-state index is -3.38. The Morgan fingerprint density at radius 3 is 0.656 bits per heavy atom. The third kappa shape index (κ3) is 5.80. The number of hydrogen-bond donors (Lipinski definition) is 0. The van der Waals surface area contributed by atoms with E-state index in [9.17, 15) is 0 Å². The Hall–Kier alpha value is -7.34. The van der Waals surface area contributed by atoms with Crippen molar-refractivity contribution in [3.05, 3.63) is 243 Å². The van der Waals surface area contributed by atoms with Crippen molar-refractivity contribution in [1.29, 1.82) is 0 Å². The molecule has 302 valence electrons. The minimum absolute atomic E-state index is 0.786. The predicted molar refractivity (Wildman–Crippen MR) is 270 cm³/mol. The quantitative estimate of drug-likeness (QED) is 0.150. The Morgan fingerprint density at radius 1 is 0.219 bits per heavy atom. The van der Waals surface area contributed by atoms with Gasteiger partial charge in [-0.3, -0.25) is 0 Å². The summed E-state index contributed by atoms with van der Waals surface area (Å²) in [6.45, 7) is 0. The predicted octanol–water partition coefficient (Wildman–Crippen LogP) is 13.3. The van der Waals surface area contributed by atoms with Crippen LogP contribution in [0.1, 0.15) is 0 Å². The molecule has 10 aromatic carbocycles. The fraction of sp³-hybridized carbons (Fsp3) is 0. The largest absolute Gasteiger partial charge is 0.309 e. The van der Waals surface area contributed by atoms with Crippen molar-refractivity contribution in [2.75, 3.05) is 0 Å². The molecule has 0 bridgehead atoms. The molecule has 12 rings (SSSR count). The van der Waals surface area contributed by atoms with E-state index in [1.54, 1.807) is 0 Å². The van der Waals surface area contributed by atoms with Crippen LogP contribution in [0, 0.1) is 0 Å². The normalized spacial score (nSPS) is 13.7. The molecule has 64 heavy (non-hydrogen) atoms. The molecule has 0 amide bonds.